The van der Waals surface area contributed by atoms with E-state index in [1.807, 2.05) is 0 Å². The second kappa shape index (κ2) is 5.48. The van der Waals surface area contributed by atoms with E-state index in [4.69, 9.17) is 5.73 Å². The van der Waals surface area contributed by atoms with Gasteiger partial charge in [0.05, 0.1) is 0 Å². The molecule has 0 radical (unpaired) electrons. The fourth-order valence-electron chi connectivity index (χ4n) is 2.01. The van der Waals surface area contributed by atoms with E-state index in [1.54, 1.807) is 0 Å². The summed E-state index contributed by atoms with van der Waals surface area (Å²) in [5.41, 5.74) is 6.44. The average molecular weight is 227 g/mol. The van der Waals surface area contributed by atoms with Crippen molar-refractivity contribution in [3.63, 3.8) is 0 Å². The van der Waals surface area contributed by atoms with Gasteiger partial charge in [-0.25, -0.2) is 0 Å². The molecule has 0 bridgehead atoms. The molecule has 1 fully saturated rings. The van der Waals surface area contributed by atoms with Crippen molar-refractivity contribution in [2.75, 3.05) is 32.7 Å². The average Bonchev–Trinajstić information content (AvgIpc) is 2.17. The number of hydrogen-bond donors (Lipinski definition) is 1. The van der Waals surface area contributed by atoms with Crippen LogP contribution in [0.4, 0.5) is 0 Å². The molecule has 0 aromatic heterocycles. The van der Waals surface area contributed by atoms with Crippen molar-refractivity contribution in [3.05, 3.63) is 0 Å². The number of rotatable bonds is 3. The number of nitrogens with two attached hydrogens (primary N) is 1. The van der Waals surface area contributed by atoms with Crippen molar-refractivity contribution >= 4 is 0 Å². The summed E-state index contributed by atoms with van der Waals surface area (Å²) in [5, 5.41) is 0. The molecule has 1 saturated heterocycles. The molecule has 0 aromatic carbocycles. The van der Waals surface area contributed by atoms with Crippen molar-refractivity contribution in [1.82, 2.24) is 9.80 Å². The SMILES string of the molecule is CC(C)N1CCN(CC(N)C(C)(C)C)CC1. The molecule has 0 saturated carbocycles. The van der Waals surface area contributed by atoms with Gasteiger partial charge in [-0.3, -0.25) is 9.80 Å². The van der Waals surface area contributed by atoms with Gasteiger partial charge in [-0.15, -0.1) is 0 Å². The van der Waals surface area contributed by atoms with Crippen molar-refractivity contribution in [3.8, 4) is 0 Å². The first-order valence-electron chi connectivity index (χ1n) is 6.52. The van der Waals surface area contributed by atoms with Crippen LogP contribution in [0.5, 0.6) is 0 Å². The first-order valence-corrected chi connectivity index (χ1v) is 6.52. The van der Waals surface area contributed by atoms with Crippen molar-refractivity contribution in [2.24, 2.45) is 11.1 Å². The Morgan fingerprint density at radius 1 is 1.06 bits per heavy atom. The predicted octanol–water partition coefficient (Wildman–Crippen LogP) is 1.39. The van der Waals surface area contributed by atoms with Gasteiger partial charge in [0.1, 0.15) is 0 Å². The fourth-order valence-corrected chi connectivity index (χ4v) is 2.01. The quantitative estimate of drug-likeness (QED) is 0.791. The molecular formula is C13H29N3. The molecule has 1 rings (SSSR count). The lowest BCUT2D eigenvalue weighted by molar-refractivity contribution is 0.0929. The Kier molecular flexibility index (Phi) is 4.77. The highest BCUT2D eigenvalue weighted by atomic mass is 15.3. The highest BCUT2D eigenvalue weighted by molar-refractivity contribution is 4.83. The van der Waals surface area contributed by atoms with E-state index < -0.39 is 0 Å². The lowest BCUT2D eigenvalue weighted by Gasteiger charge is -2.39. The maximum absolute atomic E-state index is 6.22. The van der Waals surface area contributed by atoms with Crippen molar-refractivity contribution in [1.29, 1.82) is 0 Å². The van der Waals surface area contributed by atoms with E-state index in [0.29, 0.717) is 6.04 Å². The standard InChI is InChI=1S/C13H29N3/c1-11(2)16-8-6-15(7-9-16)10-12(14)13(3,4)5/h11-12H,6-10,14H2,1-5H3. The van der Waals surface area contributed by atoms with Gasteiger partial charge >= 0.3 is 0 Å². The molecule has 0 spiro atoms. The smallest absolute Gasteiger partial charge is 0.0217 e. The van der Waals surface area contributed by atoms with Crippen LogP contribution in [0.1, 0.15) is 34.6 Å². The highest BCUT2D eigenvalue weighted by Gasteiger charge is 2.25. The van der Waals surface area contributed by atoms with E-state index >= 15 is 0 Å². The Labute approximate surface area is 101 Å². The van der Waals surface area contributed by atoms with Crippen molar-refractivity contribution in [2.45, 2.75) is 46.7 Å². The fraction of sp³-hybridized carbons (Fsp3) is 1.00. The van der Waals surface area contributed by atoms with E-state index in [-0.39, 0.29) is 11.5 Å². The molecule has 0 amide bonds. The Morgan fingerprint density at radius 2 is 1.56 bits per heavy atom. The molecule has 3 heteroatoms. The Bertz CT molecular complexity index is 200. The summed E-state index contributed by atoms with van der Waals surface area (Å²) in [4.78, 5) is 5.05. The largest absolute Gasteiger partial charge is 0.326 e. The Hall–Kier alpha value is -0.120. The Balaban J connectivity index is 2.32. The molecule has 1 unspecified atom stereocenters. The summed E-state index contributed by atoms with van der Waals surface area (Å²) >= 11 is 0. The lowest BCUT2D eigenvalue weighted by Crippen LogP contribution is -2.53. The van der Waals surface area contributed by atoms with Crippen LogP contribution in [0.15, 0.2) is 0 Å². The second-order valence-electron chi connectivity index (χ2n) is 6.40. The summed E-state index contributed by atoms with van der Waals surface area (Å²) < 4.78 is 0. The van der Waals surface area contributed by atoms with Crippen LogP contribution in [0.3, 0.4) is 0 Å². The molecule has 1 aliphatic rings. The van der Waals surface area contributed by atoms with Gasteiger partial charge in [0, 0.05) is 44.8 Å². The zero-order valence-electron chi connectivity index (χ0n) is 11.7. The van der Waals surface area contributed by atoms with Gasteiger partial charge in [0.25, 0.3) is 0 Å². The van der Waals surface area contributed by atoms with E-state index in [9.17, 15) is 0 Å². The molecule has 1 heterocycles. The summed E-state index contributed by atoms with van der Waals surface area (Å²) in [6.45, 7) is 17.0. The summed E-state index contributed by atoms with van der Waals surface area (Å²) in [7, 11) is 0. The van der Waals surface area contributed by atoms with Gasteiger partial charge in [-0.1, -0.05) is 20.8 Å². The van der Waals surface area contributed by atoms with Gasteiger partial charge in [-0.05, 0) is 19.3 Å². The van der Waals surface area contributed by atoms with Crippen LogP contribution in [0.25, 0.3) is 0 Å². The third-order valence-electron chi connectivity index (χ3n) is 3.70. The topological polar surface area (TPSA) is 32.5 Å². The third-order valence-corrected chi connectivity index (χ3v) is 3.70. The van der Waals surface area contributed by atoms with Gasteiger partial charge in [0.15, 0.2) is 0 Å². The molecule has 0 aromatic rings. The highest BCUT2D eigenvalue weighted by Crippen LogP contribution is 2.18. The van der Waals surface area contributed by atoms with Crippen LogP contribution >= 0.6 is 0 Å². The molecule has 2 N–H and O–H groups in total. The molecule has 16 heavy (non-hydrogen) atoms. The second-order valence-corrected chi connectivity index (χ2v) is 6.40. The van der Waals surface area contributed by atoms with Crippen LogP contribution in [-0.4, -0.2) is 54.6 Å². The third kappa shape index (κ3) is 4.04. The van der Waals surface area contributed by atoms with Crippen LogP contribution in [0, 0.1) is 5.41 Å². The molecule has 3 nitrogen and oxygen atoms in total. The monoisotopic (exact) mass is 227 g/mol. The minimum Gasteiger partial charge on any atom is -0.326 e. The first kappa shape index (κ1) is 13.9. The maximum Gasteiger partial charge on any atom is 0.0217 e. The Morgan fingerprint density at radius 3 is 1.94 bits per heavy atom. The van der Waals surface area contributed by atoms with Gasteiger partial charge < -0.3 is 5.73 Å². The number of hydrogen-bond acceptors (Lipinski definition) is 3. The van der Waals surface area contributed by atoms with Crippen molar-refractivity contribution < 1.29 is 0 Å². The number of nitrogens with zero attached hydrogens (tertiary/aromatic N) is 2. The van der Waals surface area contributed by atoms with E-state index in [0.717, 1.165) is 6.54 Å². The molecule has 1 atom stereocenters. The van der Waals surface area contributed by atoms with Gasteiger partial charge in [-0.2, -0.15) is 0 Å². The van der Waals surface area contributed by atoms with Crippen LogP contribution < -0.4 is 5.73 Å². The van der Waals surface area contributed by atoms with E-state index in [2.05, 4.69) is 44.4 Å². The first-order chi connectivity index (χ1) is 7.30. The molecule has 96 valence electrons. The summed E-state index contributed by atoms with van der Waals surface area (Å²) in [6.07, 6.45) is 0. The maximum atomic E-state index is 6.22. The van der Waals surface area contributed by atoms with E-state index in [1.165, 1.54) is 26.2 Å². The van der Waals surface area contributed by atoms with Crippen LogP contribution in [-0.2, 0) is 0 Å². The normalized spacial score (nSPS) is 22.7. The summed E-state index contributed by atoms with van der Waals surface area (Å²) in [5.74, 6) is 0. The minimum atomic E-state index is 0.217. The van der Waals surface area contributed by atoms with Gasteiger partial charge in [0.2, 0.25) is 0 Å². The molecule has 1 aliphatic heterocycles. The zero-order chi connectivity index (χ0) is 12.3. The minimum absolute atomic E-state index is 0.217. The molecule has 0 aliphatic carbocycles. The zero-order valence-corrected chi connectivity index (χ0v) is 11.7. The molecular weight excluding hydrogens is 198 g/mol. The summed E-state index contributed by atoms with van der Waals surface area (Å²) in [6, 6.07) is 0.955. The number of piperazine rings is 1. The lowest BCUT2D eigenvalue weighted by atomic mass is 9.87. The van der Waals surface area contributed by atoms with Crippen LogP contribution in [0.2, 0.25) is 0 Å². The predicted molar refractivity (Wildman–Crippen MR) is 70.6 cm³/mol.